The SMILES string of the molecule is CC[C@H]1C(O)C[C@@]2(O[C@@H]([C@@H](C)/C=C/C=C/C(=O)O)[C@@H](C)C(O)[C@@H]2C)O[C@@H]1C. The third kappa shape index (κ3) is 4.62. The minimum absolute atomic E-state index is 0.0554. The molecule has 0 aromatic carbocycles. The van der Waals surface area contributed by atoms with Crippen molar-refractivity contribution in [3.63, 3.8) is 0 Å². The van der Waals surface area contributed by atoms with Crippen LogP contribution in [0.4, 0.5) is 0 Å². The smallest absolute Gasteiger partial charge is 0.328 e. The van der Waals surface area contributed by atoms with Crippen molar-refractivity contribution in [1.82, 2.24) is 0 Å². The fourth-order valence-corrected chi connectivity index (χ4v) is 4.61. The number of carbonyl (C=O) groups is 1. The molecule has 9 atom stereocenters. The predicted molar refractivity (Wildman–Crippen MR) is 102 cm³/mol. The van der Waals surface area contributed by atoms with Crippen molar-refractivity contribution < 1.29 is 29.6 Å². The van der Waals surface area contributed by atoms with E-state index in [4.69, 9.17) is 14.6 Å². The Hall–Kier alpha value is -1.21. The summed E-state index contributed by atoms with van der Waals surface area (Å²) in [5.41, 5.74) is 0. The van der Waals surface area contributed by atoms with Gasteiger partial charge in [0, 0.05) is 36.2 Å². The highest BCUT2D eigenvalue weighted by Gasteiger charge is 2.57. The summed E-state index contributed by atoms with van der Waals surface area (Å²) in [6, 6.07) is 0. The van der Waals surface area contributed by atoms with E-state index in [0.29, 0.717) is 6.42 Å². The van der Waals surface area contributed by atoms with E-state index in [1.54, 1.807) is 6.08 Å². The van der Waals surface area contributed by atoms with Crippen LogP contribution in [0.25, 0.3) is 0 Å². The van der Waals surface area contributed by atoms with Crippen LogP contribution in [0, 0.1) is 23.7 Å². The predicted octanol–water partition coefficient (Wildman–Crippen LogP) is 2.74. The molecule has 2 rings (SSSR count). The molecule has 2 aliphatic heterocycles. The Morgan fingerprint density at radius 2 is 1.89 bits per heavy atom. The van der Waals surface area contributed by atoms with Crippen LogP contribution in [0.15, 0.2) is 24.3 Å². The molecule has 6 heteroatoms. The van der Waals surface area contributed by atoms with Gasteiger partial charge in [0.1, 0.15) is 0 Å². The first-order valence-corrected chi connectivity index (χ1v) is 9.92. The monoisotopic (exact) mass is 382 g/mol. The summed E-state index contributed by atoms with van der Waals surface area (Å²) < 4.78 is 12.7. The minimum Gasteiger partial charge on any atom is -0.478 e. The number of aliphatic carboxylic acids is 1. The van der Waals surface area contributed by atoms with Gasteiger partial charge in [-0.25, -0.2) is 4.79 Å². The van der Waals surface area contributed by atoms with Gasteiger partial charge >= 0.3 is 5.97 Å². The van der Waals surface area contributed by atoms with Gasteiger partial charge in [-0.05, 0) is 13.3 Å². The summed E-state index contributed by atoms with van der Waals surface area (Å²) in [4.78, 5) is 10.6. The number of aliphatic hydroxyl groups excluding tert-OH is 2. The molecule has 1 spiro atoms. The number of hydrogen-bond acceptors (Lipinski definition) is 5. The zero-order valence-corrected chi connectivity index (χ0v) is 16.9. The van der Waals surface area contributed by atoms with E-state index in [0.717, 1.165) is 12.5 Å². The van der Waals surface area contributed by atoms with E-state index in [1.165, 1.54) is 6.08 Å². The lowest BCUT2D eigenvalue weighted by molar-refractivity contribution is -0.382. The molecule has 0 aromatic heterocycles. The van der Waals surface area contributed by atoms with Gasteiger partial charge in [0.05, 0.1) is 24.4 Å². The topological polar surface area (TPSA) is 96.2 Å². The molecule has 0 bridgehead atoms. The third-order valence-electron chi connectivity index (χ3n) is 6.33. The van der Waals surface area contributed by atoms with Gasteiger partial charge in [-0.15, -0.1) is 0 Å². The van der Waals surface area contributed by atoms with Crippen molar-refractivity contribution >= 4 is 5.97 Å². The Balaban J connectivity index is 2.22. The molecule has 2 fully saturated rings. The van der Waals surface area contributed by atoms with E-state index < -0.39 is 24.0 Å². The second-order valence-corrected chi connectivity index (χ2v) is 8.14. The van der Waals surface area contributed by atoms with Gasteiger partial charge in [0.25, 0.3) is 0 Å². The number of hydrogen-bond donors (Lipinski definition) is 3. The number of allylic oxidation sites excluding steroid dienone is 2. The summed E-state index contributed by atoms with van der Waals surface area (Å²) in [6.45, 7) is 9.83. The first-order valence-electron chi connectivity index (χ1n) is 9.92. The van der Waals surface area contributed by atoms with Crippen LogP contribution in [-0.4, -0.2) is 51.5 Å². The summed E-state index contributed by atoms with van der Waals surface area (Å²) >= 11 is 0. The molecule has 2 saturated heterocycles. The quantitative estimate of drug-likeness (QED) is 0.500. The summed E-state index contributed by atoms with van der Waals surface area (Å²) in [7, 11) is 0. The standard InChI is InChI=1S/C21H34O6/c1-6-16-15(5)26-21(11-17(16)22)14(4)19(25)13(3)20(27-21)12(2)9-7-8-10-18(23)24/h7-10,12-17,19-20,22,25H,6,11H2,1-5H3,(H,23,24)/b9-7+,10-8+/t12-,13-,14-,15+,16+,17?,19?,20-,21-/m0/s1. The largest absolute Gasteiger partial charge is 0.478 e. The van der Waals surface area contributed by atoms with E-state index in [-0.39, 0.29) is 35.9 Å². The Morgan fingerprint density at radius 3 is 2.44 bits per heavy atom. The molecule has 0 aliphatic carbocycles. The molecule has 0 aromatic rings. The lowest BCUT2D eigenvalue weighted by atomic mass is 9.73. The number of aliphatic hydroxyl groups is 2. The molecule has 27 heavy (non-hydrogen) atoms. The highest BCUT2D eigenvalue weighted by atomic mass is 16.7. The number of rotatable bonds is 5. The molecule has 0 saturated carbocycles. The Bertz CT molecular complexity index is 559. The van der Waals surface area contributed by atoms with E-state index in [1.807, 2.05) is 40.7 Å². The van der Waals surface area contributed by atoms with Gasteiger partial charge in [-0.2, -0.15) is 0 Å². The molecule has 6 nitrogen and oxygen atoms in total. The average Bonchev–Trinajstić information content (AvgIpc) is 2.59. The van der Waals surface area contributed by atoms with Gasteiger partial charge < -0.3 is 24.8 Å². The summed E-state index contributed by atoms with van der Waals surface area (Å²) in [5.74, 6) is -2.39. The van der Waals surface area contributed by atoms with Crippen LogP contribution in [0.5, 0.6) is 0 Å². The molecule has 3 N–H and O–H groups in total. The number of ether oxygens (including phenoxy) is 2. The van der Waals surface area contributed by atoms with Crippen LogP contribution in [-0.2, 0) is 14.3 Å². The Kier molecular flexibility index (Phi) is 7.25. The lowest BCUT2D eigenvalue weighted by Crippen LogP contribution is -2.64. The van der Waals surface area contributed by atoms with Crippen molar-refractivity contribution in [1.29, 1.82) is 0 Å². The normalized spacial score (nSPS) is 44.2. The van der Waals surface area contributed by atoms with Crippen molar-refractivity contribution in [3.05, 3.63) is 24.3 Å². The Morgan fingerprint density at radius 1 is 1.22 bits per heavy atom. The van der Waals surface area contributed by atoms with E-state index in [9.17, 15) is 15.0 Å². The van der Waals surface area contributed by atoms with E-state index in [2.05, 4.69) is 0 Å². The van der Waals surface area contributed by atoms with Crippen LogP contribution in [0.2, 0.25) is 0 Å². The zero-order chi connectivity index (χ0) is 20.4. The van der Waals surface area contributed by atoms with Gasteiger partial charge in [0.15, 0.2) is 5.79 Å². The average molecular weight is 382 g/mol. The molecule has 2 unspecified atom stereocenters. The maximum absolute atomic E-state index is 10.9. The first kappa shape index (κ1) is 22.1. The molecule has 2 aliphatic rings. The molecular weight excluding hydrogens is 348 g/mol. The van der Waals surface area contributed by atoms with Gasteiger partial charge in [0.2, 0.25) is 0 Å². The van der Waals surface area contributed by atoms with Gasteiger partial charge in [-0.1, -0.05) is 45.9 Å². The fourth-order valence-electron chi connectivity index (χ4n) is 4.61. The Labute approximate surface area is 161 Å². The van der Waals surface area contributed by atoms with Crippen LogP contribution >= 0.6 is 0 Å². The molecular formula is C21H34O6. The second-order valence-electron chi connectivity index (χ2n) is 8.14. The fraction of sp³-hybridized carbons (Fsp3) is 0.762. The summed E-state index contributed by atoms with van der Waals surface area (Å²) in [5, 5.41) is 30.2. The van der Waals surface area contributed by atoms with Crippen molar-refractivity contribution in [2.75, 3.05) is 0 Å². The van der Waals surface area contributed by atoms with Crippen molar-refractivity contribution in [3.8, 4) is 0 Å². The maximum Gasteiger partial charge on any atom is 0.328 e. The molecule has 0 amide bonds. The van der Waals surface area contributed by atoms with Crippen LogP contribution < -0.4 is 0 Å². The van der Waals surface area contributed by atoms with Crippen molar-refractivity contribution in [2.45, 2.75) is 77.7 Å². The highest BCUT2D eigenvalue weighted by molar-refractivity contribution is 5.80. The lowest BCUT2D eigenvalue weighted by Gasteiger charge is -2.56. The summed E-state index contributed by atoms with van der Waals surface area (Å²) in [6.07, 6.45) is 5.63. The maximum atomic E-state index is 10.9. The molecule has 2 heterocycles. The first-order chi connectivity index (χ1) is 12.6. The van der Waals surface area contributed by atoms with Crippen molar-refractivity contribution in [2.24, 2.45) is 23.7 Å². The number of carboxylic acids is 1. The molecule has 0 radical (unpaired) electrons. The second kappa shape index (κ2) is 8.86. The van der Waals surface area contributed by atoms with Crippen LogP contribution in [0.3, 0.4) is 0 Å². The molecule has 154 valence electrons. The van der Waals surface area contributed by atoms with E-state index >= 15 is 0 Å². The number of carboxylic acid groups (broad SMARTS) is 1. The zero-order valence-electron chi connectivity index (χ0n) is 16.9. The van der Waals surface area contributed by atoms with Gasteiger partial charge in [-0.3, -0.25) is 0 Å². The third-order valence-corrected chi connectivity index (χ3v) is 6.33. The van der Waals surface area contributed by atoms with Crippen LogP contribution in [0.1, 0.15) is 47.5 Å². The minimum atomic E-state index is -1.01. The highest BCUT2D eigenvalue weighted by Crippen LogP contribution is 2.48.